The highest BCUT2D eigenvalue weighted by molar-refractivity contribution is 6.02. The van der Waals surface area contributed by atoms with Crippen LogP contribution in [0.2, 0.25) is 0 Å². The van der Waals surface area contributed by atoms with Gasteiger partial charge in [0, 0.05) is 29.0 Å². The van der Waals surface area contributed by atoms with Crippen molar-refractivity contribution in [1.29, 1.82) is 0 Å². The fraction of sp³-hybridized carbons (Fsp3) is 0.0556. The van der Waals surface area contributed by atoms with Gasteiger partial charge in [0.05, 0.1) is 5.56 Å². The van der Waals surface area contributed by atoms with Crippen LogP contribution in [-0.4, -0.2) is 10.9 Å². The van der Waals surface area contributed by atoms with Crippen LogP contribution in [0.4, 0.5) is 23.2 Å². The Morgan fingerprint density at radius 3 is 2.60 bits per heavy atom. The number of alkyl halides is 3. The van der Waals surface area contributed by atoms with Crippen LogP contribution in [0.5, 0.6) is 0 Å². The third-order valence-corrected chi connectivity index (χ3v) is 3.56. The number of carbonyl (C=O) groups is 1. The van der Waals surface area contributed by atoms with Crippen molar-refractivity contribution in [2.24, 2.45) is 0 Å². The van der Waals surface area contributed by atoms with Crippen molar-refractivity contribution in [3.05, 3.63) is 71.7 Å². The summed E-state index contributed by atoms with van der Waals surface area (Å²) in [6, 6.07) is 9.29. The van der Waals surface area contributed by atoms with Gasteiger partial charge in [0.2, 0.25) is 5.91 Å². The molecule has 3 nitrogen and oxygen atoms in total. The summed E-state index contributed by atoms with van der Waals surface area (Å²) in [6.07, 6.45) is -0.664. The Morgan fingerprint density at radius 1 is 1.08 bits per heavy atom. The molecule has 3 rings (SSSR count). The fourth-order valence-electron chi connectivity index (χ4n) is 2.31. The molecule has 0 bridgehead atoms. The van der Waals surface area contributed by atoms with Gasteiger partial charge in [0.15, 0.2) is 0 Å². The summed E-state index contributed by atoms with van der Waals surface area (Å²) in [5, 5.41) is 3.59. The Balaban J connectivity index is 1.71. The third-order valence-electron chi connectivity index (χ3n) is 3.56. The van der Waals surface area contributed by atoms with Crippen LogP contribution in [0, 0.1) is 5.82 Å². The molecule has 1 heterocycles. The lowest BCUT2D eigenvalue weighted by Gasteiger charge is -2.07. The number of rotatable bonds is 3. The Labute approximate surface area is 140 Å². The molecule has 0 spiro atoms. The van der Waals surface area contributed by atoms with E-state index >= 15 is 0 Å². The molecule has 128 valence electrons. The van der Waals surface area contributed by atoms with E-state index in [-0.39, 0.29) is 5.56 Å². The second-order valence-electron chi connectivity index (χ2n) is 5.34. The van der Waals surface area contributed by atoms with E-state index in [2.05, 4.69) is 10.3 Å². The molecular weight excluding hydrogens is 336 g/mol. The zero-order valence-corrected chi connectivity index (χ0v) is 12.7. The van der Waals surface area contributed by atoms with E-state index in [9.17, 15) is 22.4 Å². The molecule has 0 saturated heterocycles. The molecule has 0 atom stereocenters. The van der Waals surface area contributed by atoms with Crippen molar-refractivity contribution in [2.75, 3.05) is 5.32 Å². The van der Waals surface area contributed by atoms with E-state index in [4.69, 9.17) is 0 Å². The van der Waals surface area contributed by atoms with Gasteiger partial charge < -0.3 is 10.3 Å². The summed E-state index contributed by atoms with van der Waals surface area (Å²) < 4.78 is 51.2. The monoisotopic (exact) mass is 348 g/mol. The van der Waals surface area contributed by atoms with Gasteiger partial charge in [-0.05, 0) is 41.8 Å². The van der Waals surface area contributed by atoms with Gasteiger partial charge in [0.1, 0.15) is 5.82 Å². The molecule has 0 aliphatic rings. The minimum absolute atomic E-state index is 0.108. The smallest absolute Gasteiger partial charge is 0.361 e. The predicted octanol–water partition coefficient (Wildman–Crippen LogP) is 4.98. The average molecular weight is 348 g/mol. The molecule has 1 amide bonds. The Bertz CT molecular complexity index is 957. The van der Waals surface area contributed by atoms with Crippen molar-refractivity contribution in [1.82, 2.24) is 4.98 Å². The number of H-pyrrole nitrogens is 1. The normalized spacial score (nSPS) is 12.0. The number of halogens is 4. The number of anilines is 1. The number of hydrogen-bond acceptors (Lipinski definition) is 1. The van der Waals surface area contributed by atoms with E-state index in [1.807, 2.05) is 12.1 Å². The molecule has 0 unspecified atom stereocenters. The largest absolute Gasteiger partial charge is 0.416 e. The number of amides is 1. The Morgan fingerprint density at radius 2 is 1.88 bits per heavy atom. The van der Waals surface area contributed by atoms with E-state index in [0.717, 1.165) is 35.2 Å². The molecule has 2 N–H and O–H groups in total. The van der Waals surface area contributed by atoms with Crippen molar-refractivity contribution < 1.29 is 22.4 Å². The summed E-state index contributed by atoms with van der Waals surface area (Å²) in [4.78, 5) is 14.9. The number of aromatic nitrogens is 1. The van der Waals surface area contributed by atoms with Crippen molar-refractivity contribution in [3.63, 3.8) is 0 Å². The minimum Gasteiger partial charge on any atom is -0.361 e. The number of nitrogens with one attached hydrogen (secondary N) is 2. The second-order valence-corrected chi connectivity index (χ2v) is 5.34. The highest BCUT2D eigenvalue weighted by Gasteiger charge is 2.30. The molecule has 0 fully saturated rings. The van der Waals surface area contributed by atoms with E-state index < -0.39 is 23.5 Å². The maximum atomic E-state index is 13.7. The van der Waals surface area contributed by atoms with Gasteiger partial charge in [-0.15, -0.1) is 0 Å². The fourth-order valence-corrected chi connectivity index (χ4v) is 2.31. The molecule has 3 aromatic rings. The van der Waals surface area contributed by atoms with E-state index in [0.29, 0.717) is 11.8 Å². The van der Waals surface area contributed by atoms with Crippen molar-refractivity contribution in [3.8, 4) is 0 Å². The van der Waals surface area contributed by atoms with Crippen LogP contribution in [0.15, 0.2) is 54.7 Å². The lowest BCUT2D eigenvalue weighted by atomic mass is 10.1. The van der Waals surface area contributed by atoms with Crippen LogP contribution < -0.4 is 5.32 Å². The third kappa shape index (κ3) is 3.88. The quantitative estimate of drug-likeness (QED) is 0.509. The zero-order chi connectivity index (χ0) is 18.0. The Kier molecular flexibility index (Phi) is 4.31. The summed E-state index contributed by atoms with van der Waals surface area (Å²) in [5.74, 6) is -1.57. The Hall–Kier alpha value is -3.09. The van der Waals surface area contributed by atoms with Crippen LogP contribution in [0.25, 0.3) is 17.0 Å². The molecule has 0 aliphatic carbocycles. The maximum absolute atomic E-state index is 13.7. The number of carbonyl (C=O) groups excluding carboxylic acids is 1. The molecule has 0 radical (unpaired) electrons. The average Bonchev–Trinajstić information content (AvgIpc) is 3.00. The topological polar surface area (TPSA) is 44.9 Å². The first-order valence-corrected chi connectivity index (χ1v) is 7.26. The first-order chi connectivity index (χ1) is 11.8. The van der Waals surface area contributed by atoms with E-state index in [1.54, 1.807) is 18.3 Å². The van der Waals surface area contributed by atoms with Gasteiger partial charge >= 0.3 is 6.18 Å². The van der Waals surface area contributed by atoms with Gasteiger partial charge in [-0.25, -0.2) is 4.39 Å². The number of hydrogen-bond donors (Lipinski definition) is 2. The van der Waals surface area contributed by atoms with Crippen molar-refractivity contribution >= 4 is 28.6 Å². The molecule has 0 saturated carbocycles. The lowest BCUT2D eigenvalue weighted by Crippen LogP contribution is -2.08. The number of fused-ring (bicyclic) bond motifs is 1. The molecule has 2 aromatic carbocycles. The predicted molar refractivity (Wildman–Crippen MR) is 87.4 cm³/mol. The number of aromatic amines is 1. The van der Waals surface area contributed by atoms with Crippen LogP contribution >= 0.6 is 0 Å². The SMILES string of the molecule is O=C(/C=C/c1ccc(C(F)(F)F)cc1F)Nc1ccc2cc[nH]c2c1. The van der Waals surface area contributed by atoms with Gasteiger partial charge in [-0.3, -0.25) is 4.79 Å². The first kappa shape index (κ1) is 16.8. The molecule has 0 aliphatic heterocycles. The highest BCUT2D eigenvalue weighted by atomic mass is 19.4. The molecule has 1 aromatic heterocycles. The van der Waals surface area contributed by atoms with Crippen molar-refractivity contribution in [2.45, 2.75) is 6.18 Å². The zero-order valence-electron chi connectivity index (χ0n) is 12.7. The van der Waals surface area contributed by atoms with Crippen LogP contribution in [0.1, 0.15) is 11.1 Å². The number of benzene rings is 2. The van der Waals surface area contributed by atoms with Gasteiger partial charge in [-0.1, -0.05) is 12.1 Å². The van der Waals surface area contributed by atoms with Crippen LogP contribution in [-0.2, 0) is 11.0 Å². The molecule has 25 heavy (non-hydrogen) atoms. The van der Waals surface area contributed by atoms with Gasteiger partial charge in [-0.2, -0.15) is 13.2 Å². The standard InChI is InChI=1S/C18H12F4N2O/c19-15-9-13(18(20,21)22)4-1-11(15)3-6-17(25)24-14-5-2-12-7-8-23-16(12)10-14/h1-10,23H,(H,24,25)/b6-3+. The summed E-state index contributed by atoms with van der Waals surface area (Å²) in [5.41, 5.74) is 0.196. The first-order valence-electron chi connectivity index (χ1n) is 7.26. The maximum Gasteiger partial charge on any atom is 0.416 e. The summed E-state index contributed by atoms with van der Waals surface area (Å²) in [6.45, 7) is 0. The highest BCUT2D eigenvalue weighted by Crippen LogP contribution is 2.30. The van der Waals surface area contributed by atoms with E-state index in [1.165, 1.54) is 0 Å². The molecular formula is C18H12F4N2O. The summed E-state index contributed by atoms with van der Waals surface area (Å²) >= 11 is 0. The molecule has 7 heteroatoms. The second kappa shape index (κ2) is 6.43. The van der Waals surface area contributed by atoms with Gasteiger partial charge in [0.25, 0.3) is 0 Å². The summed E-state index contributed by atoms with van der Waals surface area (Å²) in [7, 11) is 0. The van der Waals surface area contributed by atoms with Crippen LogP contribution in [0.3, 0.4) is 0 Å². The lowest BCUT2D eigenvalue weighted by molar-refractivity contribution is -0.137. The minimum atomic E-state index is -4.61.